The van der Waals surface area contributed by atoms with Gasteiger partial charge in [0, 0.05) is 11.9 Å². The van der Waals surface area contributed by atoms with Crippen molar-refractivity contribution >= 4 is 40.8 Å². The normalized spacial score (nSPS) is 10.2. The van der Waals surface area contributed by atoms with Gasteiger partial charge in [0.15, 0.2) is 0 Å². The van der Waals surface area contributed by atoms with Crippen LogP contribution in [0.4, 0.5) is 17.3 Å². The zero-order valence-corrected chi connectivity index (χ0v) is 15.9. The van der Waals surface area contributed by atoms with Crippen LogP contribution in [0.5, 0.6) is 0 Å². The number of methoxy groups -OCH3 is 1. The second-order valence-corrected chi connectivity index (χ2v) is 6.30. The first-order chi connectivity index (χ1) is 13.5. The van der Waals surface area contributed by atoms with E-state index in [4.69, 9.17) is 11.6 Å². The Kier molecular flexibility index (Phi) is 5.86. The molecule has 0 atom stereocenters. The van der Waals surface area contributed by atoms with Gasteiger partial charge in [0.1, 0.15) is 5.69 Å². The van der Waals surface area contributed by atoms with E-state index in [0.29, 0.717) is 0 Å². The van der Waals surface area contributed by atoms with Crippen LogP contribution >= 0.6 is 11.6 Å². The number of hydrogen-bond donors (Lipinski definition) is 2. The number of aromatic nitrogens is 2. The number of rotatable bonds is 5. The van der Waals surface area contributed by atoms with E-state index in [2.05, 4.69) is 25.3 Å². The maximum Gasteiger partial charge on any atom is 0.337 e. The highest BCUT2D eigenvalue weighted by atomic mass is 35.5. The summed E-state index contributed by atoms with van der Waals surface area (Å²) >= 11 is 6.12. The monoisotopic (exact) mass is 396 g/mol. The third-order valence-corrected chi connectivity index (χ3v) is 4.16. The fourth-order valence-corrected chi connectivity index (χ4v) is 2.53. The molecule has 0 spiro atoms. The van der Waals surface area contributed by atoms with Gasteiger partial charge in [-0.05, 0) is 43.3 Å². The van der Waals surface area contributed by atoms with Gasteiger partial charge in [-0.1, -0.05) is 29.3 Å². The number of benzene rings is 2. The lowest BCUT2D eigenvalue weighted by Crippen LogP contribution is -2.15. The van der Waals surface area contributed by atoms with E-state index in [9.17, 15) is 9.59 Å². The van der Waals surface area contributed by atoms with Crippen molar-refractivity contribution in [2.75, 3.05) is 17.7 Å². The lowest BCUT2D eigenvalue weighted by molar-refractivity contribution is 0.0600. The van der Waals surface area contributed by atoms with Gasteiger partial charge in [-0.25, -0.2) is 14.8 Å². The number of carbonyl (C=O) groups is 2. The van der Waals surface area contributed by atoms with Gasteiger partial charge in [0.25, 0.3) is 5.91 Å². The van der Waals surface area contributed by atoms with Gasteiger partial charge in [0.05, 0.1) is 23.4 Å². The third kappa shape index (κ3) is 4.63. The Labute approximate surface area is 166 Å². The van der Waals surface area contributed by atoms with E-state index in [1.54, 1.807) is 0 Å². The molecule has 1 amide bonds. The van der Waals surface area contributed by atoms with E-state index in [1.807, 2.05) is 31.2 Å². The van der Waals surface area contributed by atoms with Crippen LogP contribution in [0.15, 0.2) is 54.7 Å². The molecular weight excluding hydrogens is 380 g/mol. The van der Waals surface area contributed by atoms with E-state index < -0.39 is 11.9 Å². The number of aryl methyl sites for hydroxylation is 1. The van der Waals surface area contributed by atoms with Crippen LogP contribution in [0.3, 0.4) is 0 Å². The number of carbonyl (C=O) groups excluding carboxylic acids is 2. The maximum atomic E-state index is 12.6. The minimum absolute atomic E-state index is 0.143. The molecule has 1 aromatic heterocycles. The summed E-state index contributed by atoms with van der Waals surface area (Å²) < 4.78 is 4.68. The fraction of sp³-hybridized carbons (Fsp3) is 0.100. The number of esters is 1. The summed E-state index contributed by atoms with van der Waals surface area (Å²) in [5.41, 5.74) is 2.62. The van der Waals surface area contributed by atoms with Crippen LogP contribution in [0.1, 0.15) is 26.4 Å². The van der Waals surface area contributed by atoms with E-state index >= 15 is 0 Å². The molecule has 142 valence electrons. The Balaban J connectivity index is 1.78. The Morgan fingerprint density at radius 1 is 1.07 bits per heavy atom. The zero-order chi connectivity index (χ0) is 20.1. The molecule has 0 aliphatic carbocycles. The van der Waals surface area contributed by atoms with Gasteiger partial charge in [0.2, 0.25) is 5.95 Å². The highest BCUT2D eigenvalue weighted by molar-refractivity contribution is 6.34. The molecule has 0 aliphatic rings. The molecule has 3 aromatic rings. The topological polar surface area (TPSA) is 93.2 Å². The van der Waals surface area contributed by atoms with E-state index in [-0.39, 0.29) is 27.9 Å². The highest BCUT2D eigenvalue weighted by Gasteiger charge is 2.14. The summed E-state index contributed by atoms with van der Waals surface area (Å²) in [6, 6.07) is 13.6. The smallest absolute Gasteiger partial charge is 0.337 e. The van der Waals surface area contributed by atoms with Crippen LogP contribution in [-0.4, -0.2) is 29.0 Å². The molecule has 0 unspecified atom stereocenters. The minimum atomic E-state index is -0.529. The molecule has 0 bridgehead atoms. The molecule has 28 heavy (non-hydrogen) atoms. The second-order valence-electron chi connectivity index (χ2n) is 5.90. The first-order valence-corrected chi connectivity index (χ1v) is 8.70. The van der Waals surface area contributed by atoms with Crippen molar-refractivity contribution in [3.63, 3.8) is 0 Å². The van der Waals surface area contributed by atoms with Gasteiger partial charge >= 0.3 is 5.97 Å². The summed E-state index contributed by atoms with van der Waals surface area (Å²) in [5.74, 6) is -0.733. The summed E-state index contributed by atoms with van der Waals surface area (Å²) in [4.78, 5) is 32.6. The number of halogens is 1. The fourth-order valence-electron chi connectivity index (χ4n) is 2.36. The predicted octanol–water partition coefficient (Wildman–Crippen LogP) is 4.22. The summed E-state index contributed by atoms with van der Waals surface area (Å²) in [6.45, 7) is 1.99. The lowest BCUT2D eigenvalue weighted by Gasteiger charge is -2.10. The van der Waals surface area contributed by atoms with Crippen molar-refractivity contribution in [3.05, 3.63) is 76.6 Å². The van der Waals surface area contributed by atoms with Crippen molar-refractivity contribution < 1.29 is 14.3 Å². The summed E-state index contributed by atoms with van der Waals surface area (Å²) in [6.07, 6.45) is 1.48. The van der Waals surface area contributed by atoms with E-state index in [1.165, 1.54) is 37.6 Å². The van der Waals surface area contributed by atoms with Gasteiger partial charge < -0.3 is 15.4 Å². The molecule has 0 radical (unpaired) electrons. The van der Waals surface area contributed by atoms with Gasteiger partial charge in [-0.15, -0.1) is 0 Å². The molecule has 8 heteroatoms. The molecular formula is C20H17ClN4O3. The van der Waals surface area contributed by atoms with Crippen LogP contribution in [0.25, 0.3) is 0 Å². The number of ether oxygens (including phenoxy) is 1. The lowest BCUT2D eigenvalue weighted by atomic mass is 10.2. The van der Waals surface area contributed by atoms with Crippen LogP contribution in [0, 0.1) is 6.92 Å². The zero-order valence-electron chi connectivity index (χ0n) is 15.2. The molecule has 0 aliphatic heterocycles. The highest BCUT2D eigenvalue weighted by Crippen LogP contribution is 2.24. The maximum absolute atomic E-state index is 12.6. The molecule has 2 N–H and O–H groups in total. The summed E-state index contributed by atoms with van der Waals surface area (Å²) in [7, 11) is 1.28. The molecule has 7 nitrogen and oxygen atoms in total. The Morgan fingerprint density at radius 3 is 2.54 bits per heavy atom. The third-order valence-electron chi connectivity index (χ3n) is 3.83. The molecule has 0 saturated carbocycles. The second kappa shape index (κ2) is 8.49. The van der Waals surface area contributed by atoms with Crippen LogP contribution < -0.4 is 10.6 Å². The largest absolute Gasteiger partial charge is 0.465 e. The Bertz CT molecular complexity index is 1020. The van der Waals surface area contributed by atoms with Crippen molar-refractivity contribution in [1.82, 2.24) is 9.97 Å². The summed E-state index contributed by atoms with van der Waals surface area (Å²) in [5, 5.41) is 5.98. The van der Waals surface area contributed by atoms with E-state index in [0.717, 1.165) is 11.3 Å². The standard InChI is InChI=1S/C20H17ClN4O3/c1-12-3-6-14(7-4-12)23-20-22-10-9-16(25-20)18(26)24-17-11-13(19(27)28-2)5-8-15(17)21/h3-11H,1-2H3,(H,24,26)(H,22,23,25). The van der Waals surface area contributed by atoms with Crippen molar-refractivity contribution in [1.29, 1.82) is 0 Å². The minimum Gasteiger partial charge on any atom is -0.465 e. The van der Waals surface area contributed by atoms with Crippen molar-refractivity contribution in [2.24, 2.45) is 0 Å². The first-order valence-electron chi connectivity index (χ1n) is 8.32. The van der Waals surface area contributed by atoms with Crippen molar-refractivity contribution in [2.45, 2.75) is 6.92 Å². The molecule has 0 saturated heterocycles. The SMILES string of the molecule is COC(=O)c1ccc(Cl)c(NC(=O)c2ccnc(Nc3ccc(C)cc3)n2)c1. The average Bonchev–Trinajstić information content (AvgIpc) is 2.71. The predicted molar refractivity (Wildman–Crippen MR) is 107 cm³/mol. The molecule has 0 fully saturated rings. The van der Waals surface area contributed by atoms with Gasteiger partial charge in [-0.3, -0.25) is 4.79 Å². The first kappa shape index (κ1) is 19.3. The van der Waals surface area contributed by atoms with Crippen molar-refractivity contribution in [3.8, 4) is 0 Å². The molecule has 1 heterocycles. The van der Waals surface area contributed by atoms with Crippen LogP contribution in [-0.2, 0) is 4.74 Å². The Hall–Kier alpha value is -3.45. The number of anilines is 3. The quantitative estimate of drug-likeness (QED) is 0.627. The molecule has 2 aromatic carbocycles. The van der Waals surface area contributed by atoms with Crippen LogP contribution in [0.2, 0.25) is 5.02 Å². The Morgan fingerprint density at radius 2 is 1.82 bits per heavy atom. The van der Waals surface area contributed by atoms with Gasteiger partial charge in [-0.2, -0.15) is 0 Å². The number of hydrogen-bond acceptors (Lipinski definition) is 6. The average molecular weight is 397 g/mol. The molecule has 3 rings (SSSR count). The number of nitrogens with zero attached hydrogens (tertiary/aromatic N) is 2. The number of nitrogens with one attached hydrogen (secondary N) is 2. The number of amides is 1.